The van der Waals surface area contributed by atoms with Crippen LogP contribution in [0.3, 0.4) is 0 Å². The Balaban J connectivity index is 4.77. The molecule has 64 heavy (non-hydrogen) atoms. The molecule has 0 amide bonds. The normalized spacial score (nSPS) is 11.9. The van der Waals surface area contributed by atoms with Crippen molar-refractivity contribution in [3.05, 3.63) is 0 Å². The lowest BCUT2D eigenvalue weighted by Crippen LogP contribution is -2.04. The van der Waals surface area contributed by atoms with Crippen molar-refractivity contribution in [1.29, 1.82) is 0 Å². The van der Waals surface area contributed by atoms with Crippen LogP contribution in [0.1, 0.15) is 362 Å². The van der Waals surface area contributed by atoms with E-state index in [0.29, 0.717) is 0 Å². The Morgan fingerprint density at radius 3 is 0.359 bits per heavy atom. The van der Waals surface area contributed by atoms with Crippen LogP contribution in [0.4, 0.5) is 0 Å². The zero-order chi connectivity index (χ0) is 46.2. The van der Waals surface area contributed by atoms with Crippen LogP contribution in [0, 0.1) is 0 Å². The maximum absolute atomic E-state index is 2.33. The van der Waals surface area contributed by atoms with Crippen LogP contribution in [0.15, 0.2) is 0 Å². The first-order valence-corrected chi connectivity index (χ1v) is 35.0. The maximum atomic E-state index is 2.33. The first-order chi connectivity index (χ1) is 31.8. The van der Waals surface area contributed by atoms with Gasteiger partial charge in [-0.05, 0) is 62.7 Å². The Morgan fingerprint density at radius 1 is 0.125 bits per heavy atom. The van der Waals surface area contributed by atoms with E-state index in [4.69, 9.17) is 0 Å². The Kier molecular flexibility index (Phi) is 60.8. The quantitative estimate of drug-likeness (QED) is 0.0421. The highest BCUT2D eigenvalue weighted by Crippen LogP contribution is 2.45. The van der Waals surface area contributed by atoms with Gasteiger partial charge in [0.25, 0.3) is 0 Å². The van der Waals surface area contributed by atoms with Gasteiger partial charge in [0.1, 0.15) is 0 Å². The van der Waals surface area contributed by atoms with E-state index in [1.807, 2.05) is 0 Å². The lowest BCUT2D eigenvalue weighted by atomic mass is 10.0. The van der Waals surface area contributed by atoms with E-state index in [2.05, 4.69) is 27.7 Å². The largest absolute Gasteiger partial charge is 0.106 e. The van der Waals surface area contributed by atoms with Gasteiger partial charge in [-0.3, -0.25) is 0 Å². The van der Waals surface area contributed by atoms with Gasteiger partial charge in [-0.1, -0.05) is 336 Å². The number of hydrogen-bond acceptors (Lipinski definition) is 0. The first kappa shape index (κ1) is 64.9. The van der Waals surface area contributed by atoms with Crippen LogP contribution in [-0.2, 0) is 0 Å². The summed E-state index contributed by atoms with van der Waals surface area (Å²) in [5.74, 6) is 0. The van der Waals surface area contributed by atoms with Gasteiger partial charge in [0.2, 0.25) is 0 Å². The molecule has 0 N–H and O–H groups in total. The van der Waals surface area contributed by atoms with Crippen molar-refractivity contribution in [2.45, 2.75) is 362 Å². The smallest absolute Gasteiger partial charge is 0.0286 e. The third-order valence-electron chi connectivity index (χ3n) is 15.0. The highest BCUT2D eigenvalue weighted by Gasteiger charge is 2.14. The average molecular weight is 936 g/mol. The number of rotatable bonds is 59. The van der Waals surface area contributed by atoms with E-state index < -0.39 is 0 Å². The Morgan fingerprint density at radius 2 is 0.234 bits per heavy atom. The molecule has 0 bridgehead atoms. The highest BCUT2D eigenvalue weighted by atomic mass is 31.1. The van der Waals surface area contributed by atoms with Crippen LogP contribution in [0.2, 0.25) is 0 Å². The van der Waals surface area contributed by atoms with Gasteiger partial charge in [-0.15, -0.1) is 15.8 Å². The average Bonchev–Trinajstić information content (AvgIpc) is 3.30. The van der Waals surface area contributed by atoms with E-state index >= 15 is 0 Å². The lowest BCUT2D eigenvalue weighted by molar-refractivity contribution is 0.542. The van der Waals surface area contributed by atoms with Gasteiger partial charge in [0.05, 0.1) is 0 Å². The number of unbranched alkanes of at least 4 members (excludes halogenated alkanes) is 48. The summed E-state index contributed by atoms with van der Waals surface area (Å²) in [6.45, 7) is 9.34. The zero-order valence-electron chi connectivity index (χ0n) is 45.9. The molecular formula is C62H128P2. The van der Waals surface area contributed by atoms with Crippen molar-refractivity contribution in [3.63, 3.8) is 0 Å². The molecule has 0 radical (unpaired) electrons. The molecule has 0 aromatic rings. The minimum atomic E-state index is 0.271. The molecule has 0 aliphatic rings. The van der Waals surface area contributed by atoms with Crippen LogP contribution in [0.5, 0.6) is 0 Å². The zero-order valence-corrected chi connectivity index (χ0v) is 47.7. The molecule has 0 fully saturated rings. The fourth-order valence-corrected chi connectivity index (χ4v) is 16.7. The van der Waals surface area contributed by atoms with Crippen LogP contribution >= 0.6 is 15.8 Å². The van der Waals surface area contributed by atoms with Crippen molar-refractivity contribution in [2.75, 3.05) is 37.0 Å². The summed E-state index contributed by atoms with van der Waals surface area (Å²) in [5, 5.41) is 0. The lowest BCUT2D eigenvalue weighted by Gasteiger charge is -2.23. The third kappa shape index (κ3) is 55.5. The fraction of sp³-hybridized carbons (Fsp3) is 1.00. The molecule has 0 aliphatic heterocycles. The molecule has 0 unspecified atom stereocenters. The van der Waals surface area contributed by atoms with Gasteiger partial charge in [-0.2, -0.15) is 0 Å². The van der Waals surface area contributed by atoms with E-state index in [1.165, 1.54) is 308 Å². The molecule has 0 nitrogen and oxygen atoms in total. The van der Waals surface area contributed by atoms with E-state index in [-0.39, 0.29) is 15.8 Å². The van der Waals surface area contributed by atoms with Gasteiger partial charge in [0.15, 0.2) is 0 Å². The molecule has 386 valence electrons. The molecule has 0 heterocycles. The minimum Gasteiger partial charge on any atom is -0.106 e. The van der Waals surface area contributed by atoms with Crippen LogP contribution < -0.4 is 0 Å². The molecule has 2 heteroatoms. The van der Waals surface area contributed by atoms with E-state index in [0.717, 1.165) is 0 Å². The summed E-state index contributed by atoms with van der Waals surface area (Å²) < 4.78 is 0. The Labute approximate surface area is 412 Å². The van der Waals surface area contributed by atoms with Crippen molar-refractivity contribution >= 4 is 15.8 Å². The minimum absolute atomic E-state index is 0.271. The number of hydrogen-bond donors (Lipinski definition) is 0. The summed E-state index contributed by atoms with van der Waals surface area (Å²) in [6, 6.07) is 0. The monoisotopic (exact) mass is 935 g/mol. The summed E-state index contributed by atoms with van der Waals surface area (Å²) in [4.78, 5) is 0. The second kappa shape index (κ2) is 60.0. The Hall–Kier alpha value is 0.860. The first-order valence-electron chi connectivity index (χ1n) is 31.2. The molecule has 0 aliphatic carbocycles. The van der Waals surface area contributed by atoms with Gasteiger partial charge in [0, 0.05) is 0 Å². The fourth-order valence-electron chi connectivity index (χ4n) is 10.4. The summed E-state index contributed by atoms with van der Waals surface area (Å²) in [7, 11) is 0.542. The second-order valence-electron chi connectivity index (χ2n) is 21.7. The van der Waals surface area contributed by atoms with Crippen molar-refractivity contribution in [1.82, 2.24) is 0 Å². The molecular weight excluding hydrogens is 807 g/mol. The molecule has 0 aromatic carbocycles. The molecule has 0 saturated carbocycles. The molecule has 0 rings (SSSR count). The summed E-state index contributed by atoms with van der Waals surface area (Å²) in [5.41, 5.74) is 0. The van der Waals surface area contributed by atoms with Crippen molar-refractivity contribution in [3.8, 4) is 0 Å². The predicted molar refractivity (Wildman–Crippen MR) is 306 cm³/mol. The summed E-state index contributed by atoms with van der Waals surface area (Å²) >= 11 is 0. The van der Waals surface area contributed by atoms with Crippen LogP contribution in [-0.4, -0.2) is 37.0 Å². The van der Waals surface area contributed by atoms with Gasteiger partial charge in [-0.25, -0.2) is 0 Å². The third-order valence-corrected chi connectivity index (χ3v) is 20.9. The Bertz CT molecular complexity index is 657. The highest BCUT2D eigenvalue weighted by molar-refractivity contribution is 7.61. The summed E-state index contributed by atoms with van der Waals surface area (Å²) in [6.07, 6.45) is 87.3. The van der Waals surface area contributed by atoms with Gasteiger partial charge >= 0.3 is 0 Å². The molecule has 0 atom stereocenters. The second-order valence-corrected chi connectivity index (χ2v) is 27.0. The topological polar surface area (TPSA) is 0 Å². The maximum Gasteiger partial charge on any atom is -0.0286 e. The van der Waals surface area contributed by atoms with E-state index in [9.17, 15) is 0 Å². The van der Waals surface area contributed by atoms with Crippen LogP contribution in [0.25, 0.3) is 0 Å². The van der Waals surface area contributed by atoms with E-state index in [1.54, 1.807) is 62.7 Å². The SMILES string of the molecule is CCCCCCCCCCCCCCCP(CCCCCCCCCCCCCCC)CCP(CCCCCCCCCCCCCCC)CCCCCCCCCCCCCCC. The van der Waals surface area contributed by atoms with Gasteiger partial charge < -0.3 is 0 Å². The molecule has 0 saturated heterocycles. The standard InChI is InChI=1S/C62H128P2/c1-5-9-13-17-21-25-29-33-37-41-45-49-53-57-63(58-54-50-46-42-38-34-30-26-22-18-14-10-6-2)61-62-64(59-55-51-47-43-39-35-31-27-23-19-15-11-7-3)60-56-52-48-44-40-36-32-28-24-20-16-12-8-4/h5-62H2,1-4H3. The predicted octanol–water partition coefficient (Wildman–Crippen LogP) is 24.3. The van der Waals surface area contributed by atoms with Crippen molar-refractivity contribution in [2.24, 2.45) is 0 Å². The van der Waals surface area contributed by atoms with Crippen molar-refractivity contribution < 1.29 is 0 Å². The molecule has 0 spiro atoms. The molecule has 0 aromatic heterocycles.